The molecule has 21 heavy (non-hydrogen) atoms. The molecule has 0 aliphatic rings. The minimum Gasteiger partial charge on any atom is -0.508 e. The number of hydrogen-bond acceptors (Lipinski definition) is 4. The zero-order valence-electron chi connectivity index (χ0n) is 11.5. The fourth-order valence-electron chi connectivity index (χ4n) is 1.93. The number of halogens is 1. The lowest BCUT2D eigenvalue weighted by atomic mass is 10.1. The van der Waals surface area contributed by atoms with Crippen molar-refractivity contribution in [3.05, 3.63) is 51.2 Å². The van der Waals surface area contributed by atoms with Crippen LogP contribution in [-0.4, -0.2) is 17.1 Å². The number of thiophene rings is 1. The third kappa shape index (κ3) is 4.46. The van der Waals surface area contributed by atoms with E-state index in [-0.39, 0.29) is 17.7 Å². The Bertz CT molecular complexity index is 612. The molecule has 2 aromatic rings. The Kier molecular flexibility index (Phi) is 5.22. The Labute approximate surface area is 132 Å². The molecule has 1 unspecified atom stereocenters. The fraction of sp³-hybridized carbons (Fsp3) is 0.267. The second-order valence-electron chi connectivity index (χ2n) is 4.85. The molecule has 1 aromatic heterocycles. The minimum absolute atomic E-state index is 0.124. The number of phenolic OH excluding ortho intramolecular Hbond substituents is 1. The van der Waals surface area contributed by atoms with Crippen LogP contribution < -0.4 is 11.1 Å². The average Bonchev–Trinajstić information content (AvgIpc) is 2.88. The van der Waals surface area contributed by atoms with Gasteiger partial charge in [-0.2, -0.15) is 0 Å². The average molecular weight is 325 g/mol. The van der Waals surface area contributed by atoms with E-state index in [1.807, 2.05) is 13.0 Å². The van der Waals surface area contributed by atoms with Gasteiger partial charge < -0.3 is 16.2 Å². The topological polar surface area (TPSA) is 75.4 Å². The summed E-state index contributed by atoms with van der Waals surface area (Å²) in [7, 11) is 0. The summed E-state index contributed by atoms with van der Waals surface area (Å²) in [6.45, 7) is 1.90. The number of phenols is 1. The number of carbonyl (C=O) groups excluding carboxylic acids is 1. The Morgan fingerprint density at radius 3 is 2.57 bits per heavy atom. The first-order chi connectivity index (χ1) is 9.95. The molecule has 0 bridgehead atoms. The molecule has 2 atom stereocenters. The second-order valence-corrected chi connectivity index (χ2v) is 6.60. The minimum atomic E-state index is -0.632. The Hall–Kier alpha value is -1.56. The summed E-state index contributed by atoms with van der Waals surface area (Å²) in [6.07, 6.45) is 0.421. The van der Waals surface area contributed by atoms with E-state index in [1.54, 1.807) is 30.3 Å². The number of amides is 1. The van der Waals surface area contributed by atoms with Gasteiger partial charge in [0.05, 0.1) is 16.4 Å². The molecule has 0 saturated heterocycles. The van der Waals surface area contributed by atoms with Gasteiger partial charge in [0.25, 0.3) is 0 Å². The van der Waals surface area contributed by atoms with E-state index in [0.717, 1.165) is 10.4 Å². The van der Waals surface area contributed by atoms with Gasteiger partial charge in [0.1, 0.15) is 5.75 Å². The monoisotopic (exact) mass is 324 g/mol. The quantitative estimate of drug-likeness (QED) is 0.791. The van der Waals surface area contributed by atoms with Gasteiger partial charge >= 0.3 is 0 Å². The van der Waals surface area contributed by atoms with Gasteiger partial charge in [-0.1, -0.05) is 23.7 Å². The van der Waals surface area contributed by atoms with Crippen molar-refractivity contribution in [2.45, 2.75) is 25.4 Å². The van der Waals surface area contributed by atoms with Gasteiger partial charge in [-0.15, -0.1) is 11.3 Å². The molecule has 1 aromatic carbocycles. The molecular weight excluding hydrogens is 308 g/mol. The van der Waals surface area contributed by atoms with Crippen LogP contribution in [0.25, 0.3) is 0 Å². The fourth-order valence-corrected chi connectivity index (χ4v) is 2.99. The molecule has 1 amide bonds. The van der Waals surface area contributed by atoms with Gasteiger partial charge in [0.2, 0.25) is 5.91 Å². The van der Waals surface area contributed by atoms with Crippen LogP contribution in [0.3, 0.4) is 0 Å². The van der Waals surface area contributed by atoms with E-state index < -0.39 is 6.04 Å². The lowest BCUT2D eigenvalue weighted by molar-refractivity contribution is -0.122. The molecule has 0 saturated carbocycles. The molecule has 0 aliphatic heterocycles. The Balaban J connectivity index is 1.91. The first kappa shape index (κ1) is 15.8. The van der Waals surface area contributed by atoms with E-state index in [1.165, 1.54) is 11.3 Å². The van der Waals surface area contributed by atoms with Crippen LogP contribution in [0.1, 0.15) is 23.4 Å². The van der Waals surface area contributed by atoms with E-state index >= 15 is 0 Å². The van der Waals surface area contributed by atoms with E-state index in [0.29, 0.717) is 10.8 Å². The molecule has 6 heteroatoms. The molecule has 4 nitrogen and oxygen atoms in total. The van der Waals surface area contributed by atoms with Gasteiger partial charge in [0.15, 0.2) is 0 Å². The first-order valence-corrected chi connectivity index (χ1v) is 7.74. The first-order valence-electron chi connectivity index (χ1n) is 6.55. The maximum Gasteiger partial charge on any atom is 0.237 e. The molecule has 0 spiro atoms. The Morgan fingerprint density at radius 1 is 1.33 bits per heavy atom. The number of nitrogens with two attached hydrogens (primary N) is 1. The lowest BCUT2D eigenvalue weighted by Gasteiger charge is -2.16. The summed E-state index contributed by atoms with van der Waals surface area (Å²) >= 11 is 7.32. The van der Waals surface area contributed by atoms with Gasteiger partial charge in [-0.3, -0.25) is 4.79 Å². The van der Waals surface area contributed by atoms with Gasteiger partial charge in [-0.05, 0) is 43.2 Å². The number of benzene rings is 1. The molecule has 0 radical (unpaired) electrons. The van der Waals surface area contributed by atoms with Crippen molar-refractivity contribution in [3.63, 3.8) is 0 Å². The number of nitrogens with one attached hydrogen (secondary N) is 1. The number of rotatable bonds is 5. The van der Waals surface area contributed by atoms with Crippen molar-refractivity contribution in [3.8, 4) is 5.75 Å². The van der Waals surface area contributed by atoms with Gasteiger partial charge in [-0.25, -0.2) is 0 Å². The highest BCUT2D eigenvalue weighted by Gasteiger charge is 2.18. The predicted octanol–water partition coefficient (Wildman–Crippen LogP) is 2.85. The summed E-state index contributed by atoms with van der Waals surface area (Å²) in [4.78, 5) is 13.1. The maximum atomic E-state index is 12.1. The highest BCUT2D eigenvalue weighted by atomic mass is 35.5. The van der Waals surface area contributed by atoms with Crippen LogP contribution in [0.5, 0.6) is 5.75 Å². The van der Waals surface area contributed by atoms with Crippen molar-refractivity contribution in [2.75, 3.05) is 0 Å². The van der Waals surface area contributed by atoms with Crippen molar-refractivity contribution >= 4 is 28.8 Å². The summed E-state index contributed by atoms with van der Waals surface area (Å²) in [6, 6.07) is 9.61. The highest BCUT2D eigenvalue weighted by Crippen LogP contribution is 2.26. The molecule has 4 N–H and O–H groups in total. The van der Waals surface area contributed by atoms with Crippen molar-refractivity contribution < 1.29 is 9.90 Å². The third-order valence-electron chi connectivity index (χ3n) is 3.11. The standard InChI is InChI=1S/C15H17ClN2O2S/c1-9(13-6-7-14(16)21-13)18-15(20)12(17)8-10-2-4-11(19)5-3-10/h2-7,9,12,19H,8,17H2,1H3,(H,18,20)/t9?,12-/m1/s1. The van der Waals surface area contributed by atoms with Gasteiger partial charge in [0, 0.05) is 4.88 Å². The smallest absolute Gasteiger partial charge is 0.237 e. The van der Waals surface area contributed by atoms with Crippen molar-refractivity contribution in [2.24, 2.45) is 5.73 Å². The summed E-state index contributed by atoms with van der Waals surface area (Å²) < 4.78 is 0.694. The normalized spacial score (nSPS) is 13.7. The number of carbonyl (C=O) groups is 1. The van der Waals surface area contributed by atoms with Crippen molar-refractivity contribution in [1.29, 1.82) is 0 Å². The zero-order chi connectivity index (χ0) is 15.4. The van der Waals surface area contributed by atoms with Crippen LogP contribution in [-0.2, 0) is 11.2 Å². The number of aromatic hydroxyl groups is 1. The molecular formula is C15H17ClN2O2S. The zero-order valence-corrected chi connectivity index (χ0v) is 13.1. The second kappa shape index (κ2) is 6.93. The van der Waals surface area contributed by atoms with Crippen LogP contribution in [0.4, 0.5) is 0 Å². The molecule has 2 rings (SSSR count). The number of hydrogen-bond donors (Lipinski definition) is 3. The van der Waals surface area contributed by atoms with Crippen LogP contribution in [0.15, 0.2) is 36.4 Å². The third-order valence-corrected chi connectivity index (χ3v) is 4.52. The SMILES string of the molecule is CC(NC(=O)[C@H](N)Cc1ccc(O)cc1)c1ccc(Cl)s1. The Morgan fingerprint density at radius 2 is 2.00 bits per heavy atom. The summed E-state index contributed by atoms with van der Waals surface area (Å²) in [5, 5.41) is 12.1. The largest absolute Gasteiger partial charge is 0.508 e. The molecule has 0 aliphatic carbocycles. The summed E-state index contributed by atoms with van der Waals surface area (Å²) in [5.74, 6) is -0.0138. The highest BCUT2D eigenvalue weighted by molar-refractivity contribution is 7.16. The van der Waals surface area contributed by atoms with Crippen LogP contribution >= 0.6 is 22.9 Å². The van der Waals surface area contributed by atoms with E-state index in [2.05, 4.69) is 5.32 Å². The van der Waals surface area contributed by atoms with Crippen molar-refractivity contribution in [1.82, 2.24) is 5.32 Å². The molecule has 112 valence electrons. The van der Waals surface area contributed by atoms with Crippen LogP contribution in [0, 0.1) is 0 Å². The lowest BCUT2D eigenvalue weighted by Crippen LogP contribution is -2.42. The maximum absolute atomic E-state index is 12.1. The van der Waals surface area contributed by atoms with Crippen LogP contribution in [0.2, 0.25) is 4.34 Å². The molecule has 0 fully saturated rings. The van der Waals surface area contributed by atoms with E-state index in [9.17, 15) is 9.90 Å². The predicted molar refractivity (Wildman–Crippen MR) is 85.7 cm³/mol. The van der Waals surface area contributed by atoms with E-state index in [4.69, 9.17) is 17.3 Å². The summed E-state index contributed by atoms with van der Waals surface area (Å²) in [5.41, 5.74) is 6.83. The molecule has 1 heterocycles.